The van der Waals surface area contributed by atoms with Gasteiger partial charge in [-0.25, -0.2) is 0 Å². The summed E-state index contributed by atoms with van der Waals surface area (Å²) in [5.41, 5.74) is 1.26. The molecule has 0 saturated carbocycles. The van der Waals surface area contributed by atoms with Gasteiger partial charge in [-0.3, -0.25) is 14.7 Å². The van der Waals surface area contributed by atoms with Crippen LogP contribution in [-0.2, 0) is 16.1 Å². The van der Waals surface area contributed by atoms with Crippen LogP contribution in [0.1, 0.15) is 12.5 Å². The molecule has 1 atom stereocenters. The highest BCUT2D eigenvalue weighted by molar-refractivity contribution is 5.80. The molecule has 104 valence electrons. The van der Waals surface area contributed by atoms with E-state index in [0.29, 0.717) is 0 Å². The van der Waals surface area contributed by atoms with Crippen molar-refractivity contribution in [2.75, 3.05) is 33.3 Å². The molecule has 1 aliphatic rings. The zero-order valence-electron chi connectivity index (χ0n) is 11.6. The Morgan fingerprint density at radius 3 is 2.53 bits per heavy atom. The third-order valence-electron chi connectivity index (χ3n) is 3.54. The van der Waals surface area contributed by atoms with Gasteiger partial charge in [-0.1, -0.05) is 0 Å². The fraction of sp³-hybridized carbons (Fsp3) is 0.571. The van der Waals surface area contributed by atoms with Crippen molar-refractivity contribution < 1.29 is 9.53 Å². The van der Waals surface area contributed by atoms with E-state index < -0.39 is 0 Å². The number of pyridine rings is 1. The molecule has 1 aromatic rings. The van der Waals surface area contributed by atoms with Gasteiger partial charge in [0.15, 0.2) is 0 Å². The summed E-state index contributed by atoms with van der Waals surface area (Å²) < 4.78 is 5.08. The van der Waals surface area contributed by atoms with Crippen LogP contribution in [0.2, 0.25) is 0 Å². The number of carbonyl (C=O) groups excluding carboxylic acids is 1. The zero-order chi connectivity index (χ0) is 13.7. The highest BCUT2D eigenvalue weighted by atomic mass is 16.5. The van der Waals surface area contributed by atoms with Crippen LogP contribution in [0.5, 0.6) is 0 Å². The average Bonchev–Trinajstić information content (AvgIpc) is 2.47. The van der Waals surface area contributed by atoms with Crippen LogP contribution >= 0.6 is 0 Å². The van der Waals surface area contributed by atoms with Crippen molar-refractivity contribution in [3.63, 3.8) is 0 Å². The van der Waals surface area contributed by atoms with Crippen molar-refractivity contribution in [1.82, 2.24) is 14.8 Å². The number of hydrogen-bond acceptors (Lipinski definition) is 4. The zero-order valence-corrected chi connectivity index (χ0v) is 11.6. The summed E-state index contributed by atoms with van der Waals surface area (Å²) >= 11 is 0. The Morgan fingerprint density at radius 1 is 1.32 bits per heavy atom. The lowest BCUT2D eigenvalue weighted by molar-refractivity contribution is -0.142. The predicted octanol–water partition coefficient (Wildman–Crippen LogP) is 0.761. The molecule has 0 radical (unpaired) electrons. The molecule has 1 unspecified atom stereocenters. The SMILES string of the molecule is COC(C)C(=O)N1CCN(Cc2ccncc2)CC1. The van der Waals surface area contributed by atoms with Crippen molar-refractivity contribution in [1.29, 1.82) is 0 Å². The van der Waals surface area contributed by atoms with Gasteiger partial charge in [-0.15, -0.1) is 0 Å². The first-order valence-corrected chi connectivity index (χ1v) is 6.63. The van der Waals surface area contributed by atoms with Crippen molar-refractivity contribution in [2.45, 2.75) is 19.6 Å². The van der Waals surface area contributed by atoms with Crippen LogP contribution in [0.25, 0.3) is 0 Å². The Hall–Kier alpha value is -1.46. The second-order valence-corrected chi connectivity index (χ2v) is 4.83. The number of hydrogen-bond donors (Lipinski definition) is 0. The maximum Gasteiger partial charge on any atom is 0.251 e. The monoisotopic (exact) mass is 263 g/mol. The molecule has 19 heavy (non-hydrogen) atoms. The lowest BCUT2D eigenvalue weighted by Gasteiger charge is -2.35. The van der Waals surface area contributed by atoms with E-state index in [2.05, 4.69) is 9.88 Å². The second kappa shape index (κ2) is 6.63. The van der Waals surface area contributed by atoms with Crippen LogP contribution < -0.4 is 0 Å². The fourth-order valence-corrected chi connectivity index (χ4v) is 2.23. The first-order valence-electron chi connectivity index (χ1n) is 6.63. The first kappa shape index (κ1) is 14.0. The Balaban J connectivity index is 1.81. The van der Waals surface area contributed by atoms with E-state index in [9.17, 15) is 4.79 Å². The minimum absolute atomic E-state index is 0.0889. The van der Waals surface area contributed by atoms with Gasteiger partial charge < -0.3 is 9.64 Å². The Morgan fingerprint density at radius 2 is 1.95 bits per heavy atom. The van der Waals surface area contributed by atoms with Gasteiger partial charge in [0.25, 0.3) is 5.91 Å². The number of methoxy groups -OCH3 is 1. The lowest BCUT2D eigenvalue weighted by atomic mass is 10.2. The molecule has 5 heteroatoms. The molecule has 0 bridgehead atoms. The third kappa shape index (κ3) is 3.75. The second-order valence-electron chi connectivity index (χ2n) is 4.83. The molecule has 0 aromatic carbocycles. The minimum atomic E-state index is -0.341. The molecule has 2 rings (SSSR count). The number of aromatic nitrogens is 1. The molecular formula is C14H21N3O2. The van der Waals surface area contributed by atoms with Gasteiger partial charge in [0.2, 0.25) is 0 Å². The van der Waals surface area contributed by atoms with Crippen LogP contribution in [-0.4, -0.2) is 60.1 Å². The van der Waals surface area contributed by atoms with Crippen molar-refractivity contribution >= 4 is 5.91 Å². The topological polar surface area (TPSA) is 45.7 Å². The van der Waals surface area contributed by atoms with Crippen molar-refractivity contribution in [2.24, 2.45) is 0 Å². The maximum atomic E-state index is 12.0. The average molecular weight is 263 g/mol. The molecule has 1 aliphatic heterocycles. The number of nitrogens with zero attached hydrogens (tertiary/aromatic N) is 3. The van der Waals surface area contributed by atoms with Crippen molar-refractivity contribution in [3.8, 4) is 0 Å². The van der Waals surface area contributed by atoms with E-state index in [1.165, 1.54) is 5.56 Å². The number of carbonyl (C=O) groups is 1. The van der Waals surface area contributed by atoms with Gasteiger partial charge in [-0.2, -0.15) is 0 Å². The van der Waals surface area contributed by atoms with Gasteiger partial charge in [-0.05, 0) is 24.6 Å². The quantitative estimate of drug-likeness (QED) is 0.804. The molecular weight excluding hydrogens is 242 g/mol. The van der Waals surface area contributed by atoms with Crippen molar-refractivity contribution in [3.05, 3.63) is 30.1 Å². The largest absolute Gasteiger partial charge is 0.372 e. The van der Waals surface area contributed by atoms with Crippen LogP contribution in [0.15, 0.2) is 24.5 Å². The normalized spacial score (nSPS) is 18.3. The highest BCUT2D eigenvalue weighted by Crippen LogP contribution is 2.09. The number of rotatable bonds is 4. The highest BCUT2D eigenvalue weighted by Gasteiger charge is 2.24. The summed E-state index contributed by atoms with van der Waals surface area (Å²) in [5, 5.41) is 0. The molecule has 0 spiro atoms. The lowest BCUT2D eigenvalue weighted by Crippen LogP contribution is -2.50. The third-order valence-corrected chi connectivity index (χ3v) is 3.54. The van der Waals surface area contributed by atoms with E-state index in [0.717, 1.165) is 32.7 Å². The number of piperazine rings is 1. The van der Waals surface area contributed by atoms with E-state index in [-0.39, 0.29) is 12.0 Å². The summed E-state index contributed by atoms with van der Waals surface area (Å²) in [7, 11) is 1.57. The van der Waals surface area contributed by atoms with E-state index in [1.807, 2.05) is 29.4 Å². The molecule has 1 aromatic heterocycles. The Bertz CT molecular complexity index is 402. The summed E-state index contributed by atoms with van der Waals surface area (Å²) in [4.78, 5) is 20.2. The maximum absolute atomic E-state index is 12.0. The van der Waals surface area contributed by atoms with Crippen LogP contribution in [0.4, 0.5) is 0 Å². The van der Waals surface area contributed by atoms with Gasteiger partial charge in [0.1, 0.15) is 6.10 Å². The number of amides is 1. The van der Waals surface area contributed by atoms with Crippen LogP contribution in [0, 0.1) is 0 Å². The van der Waals surface area contributed by atoms with Crippen LogP contribution in [0.3, 0.4) is 0 Å². The Labute approximate surface area is 114 Å². The Kier molecular flexibility index (Phi) is 4.87. The number of ether oxygens (including phenoxy) is 1. The summed E-state index contributed by atoms with van der Waals surface area (Å²) in [6, 6.07) is 4.06. The molecule has 2 heterocycles. The molecule has 1 fully saturated rings. The predicted molar refractivity (Wildman–Crippen MR) is 72.6 cm³/mol. The first-order chi connectivity index (χ1) is 9.20. The summed E-state index contributed by atoms with van der Waals surface area (Å²) in [6.45, 7) is 6.08. The fourth-order valence-electron chi connectivity index (χ4n) is 2.23. The van der Waals surface area contributed by atoms with Gasteiger partial charge in [0.05, 0.1) is 0 Å². The smallest absolute Gasteiger partial charge is 0.251 e. The molecule has 5 nitrogen and oxygen atoms in total. The molecule has 0 N–H and O–H groups in total. The molecule has 1 saturated heterocycles. The molecule has 1 amide bonds. The summed E-state index contributed by atoms with van der Waals surface area (Å²) in [5.74, 6) is 0.0889. The summed E-state index contributed by atoms with van der Waals surface area (Å²) in [6.07, 6.45) is 3.29. The minimum Gasteiger partial charge on any atom is -0.372 e. The van der Waals surface area contributed by atoms with E-state index in [1.54, 1.807) is 14.0 Å². The van der Waals surface area contributed by atoms with Gasteiger partial charge in [0, 0.05) is 52.2 Å². The van der Waals surface area contributed by atoms with E-state index in [4.69, 9.17) is 4.74 Å². The standard InChI is InChI=1S/C14H21N3O2/c1-12(19-2)14(18)17-9-7-16(8-10-17)11-13-3-5-15-6-4-13/h3-6,12H,7-11H2,1-2H3. The molecule has 0 aliphatic carbocycles. The van der Waals surface area contributed by atoms with Gasteiger partial charge >= 0.3 is 0 Å². The van der Waals surface area contributed by atoms with E-state index >= 15 is 0 Å².